The number of hydrogen-bond donors (Lipinski definition) is 3. The maximum atomic E-state index is 13.4. The number of para-hydroxylation sites is 1. The number of rotatable bonds is 7. The van der Waals surface area contributed by atoms with Crippen molar-refractivity contribution in [2.75, 3.05) is 29.1 Å². The molecule has 0 aliphatic heterocycles. The second-order valence-corrected chi connectivity index (χ2v) is 5.56. The molecule has 1 amide bonds. The number of halogens is 2. The van der Waals surface area contributed by atoms with Gasteiger partial charge in [0.1, 0.15) is 12.4 Å². The fourth-order valence-electron chi connectivity index (χ4n) is 1.77. The van der Waals surface area contributed by atoms with Crippen LogP contribution in [0.5, 0.6) is 0 Å². The van der Waals surface area contributed by atoms with E-state index in [1.807, 2.05) is 13.8 Å². The Morgan fingerprint density at radius 2 is 1.96 bits per heavy atom. The Morgan fingerprint density at radius 1 is 1.24 bits per heavy atom. The molecule has 3 N–H and O–H groups in total. The van der Waals surface area contributed by atoms with E-state index in [0.29, 0.717) is 5.95 Å². The molecular weight excluding hydrogens is 351 g/mol. The third-order valence-corrected chi connectivity index (χ3v) is 2.92. The first-order chi connectivity index (χ1) is 11.9. The van der Waals surface area contributed by atoms with Gasteiger partial charge in [-0.25, -0.2) is 9.18 Å². The molecule has 0 bridgehead atoms. The summed E-state index contributed by atoms with van der Waals surface area (Å²) in [6.07, 6.45) is -0.761. The molecule has 1 aromatic heterocycles. The van der Waals surface area contributed by atoms with Crippen LogP contribution in [-0.4, -0.2) is 40.2 Å². The van der Waals surface area contributed by atoms with Crippen LogP contribution in [0.2, 0.25) is 5.28 Å². The van der Waals surface area contributed by atoms with Gasteiger partial charge in [0, 0.05) is 6.04 Å². The first kappa shape index (κ1) is 18.7. The number of ether oxygens (including phenoxy) is 1. The van der Waals surface area contributed by atoms with E-state index in [2.05, 4.69) is 30.9 Å². The van der Waals surface area contributed by atoms with E-state index in [4.69, 9.17) is 16.3 Å². The van der Waals surface area contributed by atoms with Gasteiger partial charge in [0.2, 0.25) is 17.2 Å². The number of carbonyl (C=O) groups is 1. The molecule has 0 spiro atoms. The van der Waals surface area contributed by atoms with Gasteiger partial charge in [-0.15, -0.1) is 0 Å². The van der Waals surface area contributed by atoms with Crippen molar-refractivity contribution in [1.82, 2.24) is 15.0 Å². The Kier molecular flexibility index (Phi) is 6.70. The number of hydrogen-bond acceptors (Lipinski definition) is 7. The van der Waals surface area contributed by atoms with E-state index < -0.39 is 11.9 Å². The van der Waals surface area contributed by atoms with Crippen LogP contribution in [0.1, 0.15) is 13.8 Å². The van der Waals surface area contributed by atoms with Gasteiger partial charge in [-0.2, -0.15) is 15.0 Å². The third kappa shape index (κ3) is 6.38. The smallest absolute Gasteiger partial charge is 0.411 e. The van der Waals surface area contributed by atoms with Gasteiger partial charge in [0.05, 0.1) is 12.2 Å². The van der Waals surface area contributed by atoms with Crippen LogP contribution in [0.15, 0.2) is 24.3 Å². The normalized spacial score (nSPS) is 10.4. The van der Waals surface area contributed by atoms with Crippen molar-refractivity contribution < 1.29 is 13.9 Å². The van der Waals surface area contributed by atoms with Crippen LogP contribution < -0.4 is 16.0 Å². The fourth-order valence-corrected chi connectivity index (χ4v) is 1.93. The zero-order valence-corrected chi connectivity index (χ0v) is 14.5. The second kappa shape index (κ2) is 8.97. The summed E-state index contributed by atoms with van der Waals surface area (Å²) < 4.78 is 18.4. The number of nitrogens with zero attached hydrogens (tertiary/aromatic N) is 3. The quantitative estimate of drug-likeness (QED) is 0.645. The zero-order chi connectivity index (χ0) is 18.2. The van der Waals surface area contributed by atoms with Crippen LogP contribution in [0.25, 0.3) is 0 Å². The maximum absolute atomic E-state index is 13.4. The summed E-state index contributed by atoms with van der Waals surface area (Å²) in [6.45, 7) is 4.14. The molecule has 1 heterocycles. The topological polar surface area (TPSA) is 101 Å². The number of carbonyl (C=O) groups excluding carboxylic acids is 1. The van der Waals surface area contributed by atoms with Gasteiger partial charge < -0.3 is 15.4 Å². The highest BCUT2D eigenvalue weighted by molar-refractivity contribution is 6.28. The molecule has 0 radical (unpaired) electrons. The van der Waals surface area contributed by atoms with Crippen LogP contribution in [0.3, 0.4) is 0 Å². The van der Waals surface area contributed by atoms with Crippen LogP contribution in [0.4, 0.5) is 26.8 Å². The van der Waals surface area contributed by atoms with E-state index in [-0.39, 0.29) is 36.1 Å². The average molecular weight is 369 g/mol. The monoisotopic (exact) mass is 368 g/mol. The van der Waals surface area contributed by atoms with Gasteiger partial charge in [-0.3, -0.25) is 5.32 Å². The van der Waals surface area contributed by atoms with Gasteiger partial charge in [-0.1, -0.05) is 12.1 Å². The third-order valence-electron chi connectivity index (χ3n) is 2.75. The van der Waals surface area contributed by atoms with Crippen molar-refractivity contribution in [1.29, 1.82) is 0 Å². The molecule has 0 aliphatic carbocycles. The molecule has 2 rings (SSSR count). The Labute approximate surface area is 149 Å². The summed E-state index contributed by atoms with van der Waals surface area (Å²) in [6, 6.07) is 5.94. The number of aromatic nitrogens is 3. The summed E-state index contributed by atoms with van der Waals surface area (Å²) >= 11 is 5.83. The molecular formula is C15H18ClFN6O2. The molecule has 0 atom stereocenters. The number of nitrogens with one attached hydrogen (secondary N) is 3. The van der Waals surface area contributed by atoms with E-state index in [0.717, 1.165) is 0 Å². The van der Waals surface area contributed by atoms with Crippen LogP contribution in [-0.2, 0) is 4.74 Å². The Bertz CT molecular complexity index is 731. The largest absolute Gasteiger partial charge is 0.447 e. The molecule has 0 saturated heterocycles. The van der Waals surface area contributed by atoms with Gasteiger partial charge in [0.15, 0.2) is 0 Å². The van der Waals surface area contributed by atoms with Crippen molar-refractivity contribution in [3.63, 3.8) is 0 Å². The highest BCUT2D eigenvalue weighted by Gasteiger charge is 2.08. The zero-order valence-electron chi connectivity index (χ0n) is 13.7. The van der Waals surface area contributed by atoms with E-state index >= 15 is 0 Å². The lowest BCUT2D eigenvalue weighted by Crippen LogP contribution is -2.20. The predicted octanol–water partition coefficient (Wildman–Crippen LogP) is 3.15. The lowest BCUT2D eigenvalue weighted by Gasteiger charge is -2.11. The van der Waals surface area contributed by atoms with Gasteiger partial charge in [-0.05, 0) is 37.6 Å². The summed E-state index contributed by atoms with van der Waals surface area (Å²) in [4.78, 5) is 23.6. The van der Waals surface area contributed by atoms with Crippen LogP contribution in [0, 0.1) is 5.82 Å². The summed E-state index contributed by atoms with van der Waals surface area (Å²) in [5.41, 5.74) is 0.0501. The highest BCUT2D eigenvalue weighted by Crippen LogP contribution is 2.12. The molecule has 1 aromatic carbocycles. The molecule has 10 heteroatoms. The fraction of sp³-hybridized carbons (Fsp3) is 0.333. The molecule has 134 valence electrons. The van der Waals surface area contributed by atoms with E-state index in [9.17, 15) is 9.18 Å². The average Bonchev–Trinajstić information content (AvgIpc) is 2.52. The lowest BCUT2D eigenvalue weighted by atomic mass is 10.3. The number of anilines is 3. The molecule has 2 aromatic rings. The van der Waals surface area contributed by atoms with E-state index in [1.165, 1.54) is 18.2 Å². The summed E-state index contributed by atoms with van der Waals surface area (Å²) in [7, 11) is 0. The van der Waals surface area contributed by atoms with Gasteiger partial charge >= 0.3 is 6.09 Å². The maximum Gasteiger partial charge on any atom is 0.411 e. The molecule has 0 fully saturated rings. The lowest BCUT2D eigenvalue weighted by molar-refractivity contribution is 0.166. The Balaban J connectivity index is 1.78. The Morgan fingerprint density at radius 3 is 2.68 bits per heavy atom. The second-order valence-electron chi connectivity index (χ2n) is 5.22. The van der Waals surface area contributed by atoms with Crippen molar-refractivity contribution in [3.8, 4) is 0 Å². The predicted molar refractivity (Wildman–Crippen MR) is 93.5 cm³/mol. The summed E-state index contributed by atoms with van der Waals surface area (Å²) in [5, 5.41) is 8.23. The molecule has 0 aliphatic rings. The minimum absolute atomic E-state index is 0.0243. The standard InChI is InChI=1S/C15H18ClFN6O2/c1-9(2)19-14-22-12(16)21-13(23-14)18-7-8-25-15(24)20-11-6-4-3-5-10(11)17/h3-6,9H,7-8H2,1-2H3,(H,20,24)(H2,18,19,21,22,23). The Hall–Kier alpha value is -2.68. The SMILES string of the molecule is CC(C)Nc1nc(Cl)nc(NCCOC(=O)Nc2ccccc2F)n1. The minimum Gasteiger partial charge on any atom is -0.447 e. The van der Waals surface area contributed by atoms with Crippen molar-refractivity contribution in [2.24, 2.45) is 0 Å². The first-order valence-corrected chi connectivity index (χ1v) is 7.92. The molecule has 0 saturated carbocycles. The van der Waals surface area contributed by atoms with Gasteiger partial charge in [0.25, 0.3) is 0 Å². The van der Waals surface area contributed by atoms with Crippen molar-refractivity contribution in [2.45, 2.75) is 19.9 Å². The minimum atomic E-state index is -0.761. The highest BCUT2D eigenvalue weighted by atomic mass is 35.5. The van der Waals surface area contributed by atoms with Crippen molar-refractivity contribution in [3.05, 3.63) is 35.4 Å². The summed E-state index contributed by atoms with van der Waals surface area (Å²) in [5.74, 6) is 0.0551. The number of benzene rings is 1. The number of amides is 1. The first-order valence-electron chi connectivity index (χ1n) is 7.54. The molecule has 25 heavy (non-hydrogen) atoms. The van der Waals surface area contributed by atoms with Crippen molar-refractivity contribution >= 4 is 35.3 Å². The van der Waals surface area contributed by atoms with Crippen LogP contribution >= 0.6 is 11.6 Å². The molecule has 8 nitrogen and oxygen atoms in total. The molecule has 0 unspecified atom stereocenters. The van der Waals surface area contributed by atoms with E-state index in [1.54, 1.807) is 6.07 Å².